The molecular weight excluding hydrogens is 344 g/mol. The summed E-state index contributed by atoms with van der Waals surface area (Å²) in [6, 6.07) is 5.79. The Kier molecular flexibility index (Phi) is 7.39. The van der Waals surface area contributed by atoms with Crippen LogP contribution in [0.3, 0.4) is 0 Å². The van der Waals surface area contributed by atoms with E-state index in [0.717, 1.165) is 28.4 Å². The molecule has 0 aliphatic carbocycles. The van der Waals surface area contributed by atoms with Crippen LogP contribution in [0, 0.1) is 6.92 Å². The van der Waals surface area contributed by atoms with Gasteiger partial charge < -0.3 is 14.8 Å². The lowest BCUT2D eigenvalue weighted by molar-refractivity contribution is -0.118. The summed E-state index contributed by atoms with van der Waals surface area (Å²) in [7, 11) is 3.23. The Morgan fingerprint density at radius 2 is 2.08 bits per heavy atom. The highest BCUT2D eigenvalue weighted by Gasteiger charge is 2.06. The third kappa shape index (κ3) is 5.72. The highest BCUT2D eigenvalue weighted by Crippen LogP contribution is 2.27. The van der Waals surface area contributed by atoms with Gasteiger partial charge in [-0.15, -0.1) is 23.1 Å². The molecule has 130 valence electrons. The Balaban J connectivity index is 1.68. The summed E-state index contributed by atoms with van der Waals surface area (Å²) in [5, 5.41) is 6.04. The minimum atomic E-state index is 0.0485. The quantitative estimate of drug-likeness (QED) is 0.739. The number of amides is 1. The van der Waals surface area contributed by atoms with E-state index in [1.807, 2.05) is 30.5 Å². The van der Waals surface area contributed by atoms with E-state index in [-0.39, 0.29) is 5.91 Å². The summed E-state index contributed by atoms with van der Waals surface area (Å²) in [6.45, 7) is 2.59. The van der Waals surface area contributed by atoms with E-state index in [0.29, 0.717) is 23.8 Å². The third-order valence-electron chi connectivity index (χ3n) is 3.33. The molecule has 24 heavy (non-hydrogen) atoms. The number of thioether (sulfide) groups is 1. The number of carbonyl (C=O) groups is 1. The molecule has 0 unspecified atom stereocenters. The molecule has 1 aromatic carbocycles. The van der Waals surface area contributed by atoms with Gasteiger partial charge in [0, 0.05) is 17.7 Å². The molecule has 1 amide bonds. The van der Waals surface area contributed by atoms with E-state index < -0.39 is 0 Å². The lowest BCUT2D eigenvalue weighted by Gasteiger charge is -2.10. The molecule has 0 bridgehead atoms. The molecule has 0 aliphatic rings. The first-order valence-corrected chi connectivity index (χ1v) is 9.62. The average Bonchev–Trinajstić information content (AvgIpc) is 3.00. The van der Waals surface area contributed by atoms with Crippen molar-refractivity contribution in [3.05, 3.63) is 39.8 Å². The van der Waals surface area contributed by atoms with Crippen LogP contribution < -0.4 is 14.8 Å². The van der Waals surface area contributed by atoms with Crippen LogP contribution in [0.4, 0.5) is 0 Å². The number of rotatable bonds is 9. The number of methoxy groups -OCH3 is 2. The van der Waals surface area contributed by atoms with Crippen molar-refractivity contribution in [3.8, 4) is 11.5 Å². The van der Waals surface area contributed by atoms with Gasteiger partial charge in [-0.1, -0.05) is 6.07 Å². The highest BCUT2D eigenvalue weighted by atomic mass is 32.2. The van der Waals surface area contributed by atoms with E-state index in [9.17, 15) is 4.79 Å². The maximum Gasteiger partial charge on any atom is 0.230 e. The average molecular weight is 367 g/mol. The number of nitrogens with zero attached hydrogens (tertiary/aromatic N) is 1. The first-order chi connectivity index (χ1) is 11.6. The molecule has 1 N–H and O–H groups in total. The SMILES string of the molecule is COc1ccc(CCNC(=O)CSCc2csc(C)n2)cc1OC. The van der Waals surface area contributed by atoms with E-state index in [1.165, 1.54) is 0 Å². The van der Waals surface area contributed by atoms with Gasteiger partial charge in [0.25, 0.3) is 0 Å². The van der Waals surface area contributed by atoms with E-state index >= 15 is 0 Å². The van der Waals surface area contributed by atoms with Gasteiger partial charge >= 0.3 is 0 Å². The molecule has 0 saturated carbocycles. The molecule has 2 aromatic rings. The zero-order valence-electron chi connectivity index (χ0n) is 14.1. The molecule has 0 aliphatic heterocycles. The molecule has 2 rings (SSSR count). The Hall–Kier alpha value is -1.73. The minimum absolute atomic E-state index is 0.0485. The van der Waals surface area contributed by atoms with E-state index in [1.54, 1.807) is 37.3 Å². The first kappa shape index (κ1) is 18.6. The molecule has 0 saturated heterocycles. The molecule has 0 radical (unpaired) electrons. The summed E-state index contributed by atoms with van der Waals surface area (Å²) in [5.41, 5.74) is 2.14. The second-order valence-electron chi connectivity index (χ2n) is 5.14. The summed E-state index contributed by atoms with van der Waals surface area (Å²) >= 11 is 3.22. The number of aryl methyl sites for hydroxylation is 1. The topological polar surface area (TPSA) is 60.5 Å². The van der Waals surface area contributed by atoms with Gasteiger partial charge in [-0.2, -0.15) is 0 Å². The van der Waals surface area contributed by atoms with Gasteiger partial charge in [0.2, 0.25) is 5.91 Å². The molecule has 1 heterocycles. The predicted octanol–water partition coefficient (Wildman–Crippen LogP) is 3.06. The van der Waals surface area contributed by atoms with Crippen LogP contribution in [0.5, 0.6) is 11.5 Å². The molecule has 1 aromatic heterocycles. The second-order valence-corrected chi connectivity index (χ2v) is 7.19. The lowest BCUT2D eigenvalue weighted by Crippen LogP contribution is -2.27. The maximum atomic E-state index is 11.9. The van der Waals surface area contributed by atoms with Gasteiger partial charge in [0.15, 0.2) is 11.5 Å². The van der Waals surface area contributed by atoms with Crippen LogP contribution in [0.25, 0.3) is 0 Å². The van der Waals surface area contributed by atoms with Crippen molar-refractivity contribution >= 4 is 29.0 Å². The van der Waals surface area contributed by atoms with Crippen LogP contribution in [0.15, 0.2) is 23.6 Å². The molecular formula is C17H22N2O3S2. The van der Waals surface area contributed by atoms with Gasteiger partial charge in [0.1, 0.15) is 0 Å². The fraction of sp³-hybridized carbons (Fsp3) is 0.412. The van der Waals surface area contributed by atoms with Crippen LogP contribution in [0.1, 0.15) is 16.3 Å². The van der Waals surface area contributed by atoms with Crippen molar-refractivity contribution in [2.75, 3.05) is 26.5 Å². The Morgan fingerprint density at radius 3 is 2.75 bits per heavy atom. The first-order valence-electron chi connectivity index (χ1n) is 7.58. The molecule has 0 spiro atoms. The van der Waals surface area contributed by atoms with Crippen molar-refractivity contribution in [3.63, 3.8) is 0 Å². The lowest BCUT2D eigenvalue weighted by atomic mass is 10.1. The number of aromatic nitrogens is 1. The van der Waals surface area contributed by atoms with Crippen molar-refractivity contribution in [2.24, 2.45) is 0 Å². The molecule has 5 nitrogen and oxygen atoms in total. The number of hydrogen-bond donors (Lipinski definition) is 1. The second kappa shape index (κ2) is 9.54. The van der Waals surface area contributed by atoms with Crippen molar-refractivity contribution < 1.29 is 14.3 Å². The molecule has 0 fully saturated rings. The smallest absolute Gasteiger partial charge is 0.230 e. The van der Waals surface area contributed by atoms with Crippen molar-refractivity contribution in [1.82, 2.24) is 10.3 Å². The van der Waals surface area contributed by atoms with Crippen LogP contribution >= 0.6 is 23.1 Å². The van der Waals surface area contributed by atoms with Crippen LogP contribution in [-0.2, 0) is 17.0 Å². The molecule has 7 heteroatoms. The molecule has 0 atom stereocenters. The third-order valence-corrected chi connectivity index (χ3v) is 5.12. The van der Waals surface area contributed by atoms with Gasteiger partial charge in [-0.3, -0.25) is 4.79 Å². The normalized spacial score (nSPS) is 10.5. The fourth-order valence-electron chi connectivity index (χ4n) is 2.16. The van der Waals surface area contributed by atoms with Gasteiger partial charge in [-0.05, 0) is 31.0 Å². The van der Waals surface area contributed by atoms with Crippen molar-refractivity contribution in [1.29, 1.82) is 0 Å². The number of benzene rings is 1. The summed E-state index contributed by atoms with van der Waals surface area (Å²) in [4.78, 5) is 16.2. The van der Waals surface area contributed by atoms with Gasteiger partial charge in [0.05, 0.1) is 30.7 Å². The fourth-order valence-corrected chi connectivity index (χ4v) is 3.62. The minimum Gasteiger partial charge on any atom is -0.493 e. The number of ether oxygens (including phenoxy) is 2. The van der Waals surface area contributed by atoms with Gasteiger partial charge in [-0.25, -0.2) is 4.98 Å². The zero-order chi connectivity index (χ0) is 17.4. The highest BCUT2D eigenvalue weighted by molar-refractivity contribution is 7.99. The number of thiazole rings is 1. The Labute approximate surface area is 150 Å². The predicted molar refractivity (Wildman–Crippen MR) is 99.3 cm³/mol. The summed E-state index contributed by atoms with van der Waals surface area (Å²) < 4.78 is 10.5. The standard InChI is InChI=1S/C17H22N2O3S2/c1-12-19-14(10-24-12)9-23-11-17(20)18-7-6-13-4-5-15(21-2)16(8-13)22-3/h4-5,8,10H,6-7,9,11H2,1-3H3,(H,18,20). The van der Waals surface area contributed by atoms with Crippen molar-refractivity contribution in [2.45, 2.75) is 19.1 Å². The van der Waals surface area contributed by atoms with E-state index in [2.05, 4.69) is 10.3 Å². The monoisotopic (exact) mass is 366 g/mol. The van der Waals surface area contributed by atoms with Crippen LogP contribution in [0.2, 0.25) is 0 Å². The zero-order valence-corrected chi connectivity index (χ0v) is 15.8. The van der Waals surface area contributed by atoms with Crippen LogP contribution in [-0.4, -0.2) is 37.4 Å². The Morgan fingerprint density at radius 1 is 1.29 bits per heavy atom. The number of nitrogens with one attached hydrogen (secondary N) is 1. The largest absolute Gasteiger partial charge is 0.493 e. The summed E-state index contributed by atoms with van der Waals surface area (Å²) in [6.07, 6.45) is 0.752. The maximum absolute atomic E-state index is 11.9. The number of carbonyl (C=O) groups excluding carboxylic acids is 1. The number of hydrogen-bond acceptors (Lipinski definition) is 6. The Bertz CT molecular complexity index is 674. The van der Waals surface area contributed by atoms with E-state index in [4.69, 9.17) is 9.47 Å². The summed E-state index contributed by atoms with van der Waals surface area (Å²) in [5.74, 6) is 2.68.